The fourth-order valence-corrected chi connectivity index (χ4v) is 5.21. The molecule has 1 fully saturated rings. The lowest BCUT2D eigenvalue weighted by Gasteiger charge is -2.35. The van der Waals surface area contributed by atoms with E-state index < -0.39 is 16.4 Å². The van der Waals surface area contributed by atoms with E-state index in [-0.39, 0.29) is 29.0 Å². The molecule has 0 aliphatic carbocycles. The van der Waals surface area contributed by atoms with Gasteiger partial charge in [-0.3, -0.25) is 29.6 Å². The van der Waals surface area contributed by atoms with Crippen LogP contribution in [0.1, 0.15) is 27.5 Å². The van der Waals surface area contributed by atoms with Crippen molar-refractivity contribution >= 4 is 23.1 Å². The van der Waals surface area contributed by atoms with Crippen molar-refractivity contribution in [2.75, 3.05) is 18.9 Å². The van der Waals surface area contributed by atoms with Gasteiger partial charge in [-0.25, -0.2) is 0 Å². The number of nitrogens with one attached hydrogen (secondary N) is 1. The smallest absolute Gasteiger partial charge is 0.269 e. The number of aromatic nitrogens is 1. The van der Waals surface area contributed by atoms with Crippen LogP contribution in [0.25, 0.3) is 0 Å². The predicted octanol–water partition coefficient (Wildman–Crippen LogP) is 3.37. The first kappa shape index (κ1) is 20.0. The van der Waals surface area contributed by atoms with E-state index in [9.17, 15) is 19.7 Å². The molecule has 0 radical (unpaired) electrons. The number of non-ortho nitro benzene ring substituents is 1. The number of nitro groups is 1. The fourth-order valence-electron chi connectivity index (χ4n) is 5.21. The van der Waals surface area contributed by atoms with Crippen LogP contribution >= 0.6 is 0 Å². The first-order valence-corrected chi connectivity index (χ1v) is 10.3. The summed E-state index contributed by atoms with van der Waals surface area (Å²) in [6.45, 7) is 0.433. The van der Waals surface area contributed by atoms with Crippen LogP contribution in [0.4, 0.5) is 11.4 Å². The molecule has 1 aromatic heterocycles. The van der Waals surface area contributed by atoms with Gasteiger partial charge in [0.25, 0.3) is 5.69 Å². The SMILES string of the molecule is CN1C[C@@H](c2ccc([N+](=O)[O-])cc2)[C@H](C(=O)c2ccccn2)[C@]12C(=O)Nc1ccccc12. The molecule has 0 saturated carbocycles. The lowest BCUT2D eigenvalue weighted by atomic mass is 9.71. The van der Waals surface area contributed by atoms with Crippen molar-refractivity contribution in [3.8, 4) is 0 Å². The summed E-state index contributed by atoms with van der Waals surface area (Å²) in [6, 6.07) is 18.8. The molecule has 3 atom stereocenters. The first-order chi connectivity index (χ1) is 15.4. The van der Waals surface area contributed by atoms with Gasteiger partial charge >= 0.3 is 0 Å². The van der Waals surface area contributed by atoms with E-state index in [1.807, 2.05) is 36.2 Å². The Morgan fingerprint density at radius 2 is 1.84 bits per heavy atom. The maximum absolute atomic E-state index is 13.9. The number of rotatable bonds is 4. The fraction of sp³-hybridized carbons (Fsp3) is 0.208. The van der Waals surface area contributed by atoms with E-state index in [1.165, 1.54) is 12.1 Å². The molecular formula is C24H20N4O4. The number of para-hydroxylation sites is 1. The number of hydrogen-bond acceptors (Lipinski definition) is 6. The van der Waals surface area contributed by atoms with Gasteiger partial charge in [-0.15, -0.1) is 0 Å². The Kier molecular flexibility index (Phi) is 4.60. The molecule has 1 N–H and O–H groups in total. The number of benzene rings is 2. The third kappa shape index (κ3) is 2.76. The van der Waals surface area contributed by atoms with Crippen molar-refractivity contribution in [2.24, 2.45) is 5.92 Å². The van der Waals surface area contributed by atoms with Crippen molar-refractivity contribution in [1.82, 2.24) is 9.88 Å². The number of likely N-dealkylation sites (tertiary alicyclic amines) is 1. The van der Waals surface area contributed by atoms with Crippen LogP contribution in [0.2, 0.25) is 0 Å². The van der Waals surface area contributed by atoms with Crippen molar-refractivity contribution in [2.45, 2.75) is 11.5 Å². The Morgan fingerprint density at radius 3 is 2.53 bits per heavy atom. The highest BCUT2D eigenvalue weighted by Gasteiger charge is 2.64. The van der Waals surface area contributed by atoms with E-state index in [0.717, 1.165) is 11.1 Å². The molecule has 3 heterocycles. The lowest BCUT2D eigenvalue weighted by molar-refractivity contribution is -0.384. The van der Waals surface area contributed by atoms with Gasteiger partial charge in [0, 0.05) is 42.0 Å². The number of carbonyl (C=O) groups excluding carboxylic acids is 2. The maximum Gasteiger partial charge on any atom is 0.269 e. The number of carbonyl (C=O) groups is 2. The number of nitrogens with zero attached hydrogens (tertiary/aromatic N) is 3. The number of ketones is 1. The Morgan fingerprint density at radius 1 is 1.12 bits per heavy atom. The molecule has 0 unspecified atom stereocenters. The molecule has 3 aromatic rings. The van der Waals surface area contributed by atoms with E-state index in [2.05, 4.69) is 10.3 Å². The minimum absolute atomic E-state index is 0.0219. The largest absolute Gasteiger partial charge is 0.324 e. The van der Waals surface area contributed by atoms with Gasteiger partial charge in [-0.05, 0) is 30.8 Å². The van der Waals surface area contributed by atoms with E-state index in [4.69, 9.17) is 0 Å². The number of likely N-dealkylation sites (N-methyl/N-ethyl adjacent to an activating group) is 1. The summed E-state index contributed by atoms with van der Waals surface area (Å²) in [7, 11) is 1.84. The number of hydrogen-bond donors (Lipinski definition) is 1. The van der Waals surface area contributed by atoms with Crippen LogP contribution in [-0.4, -0.2) is 40.1 Å². The molecule has 160 valence electrons. The minimum atomic E-state index is -1.20. The topological polar surface area (TPSA) is 105 Å². The molecule has 1 spiro atoms. The summed E-state index contributed by atoms with van der Waals surface area (Å²) in [5, 5.41) is 14.1. The second kappa shape index (κ2) is 7.35. The quantitative estimate of drug-likeness (QED) is 0.388. The standard InChI is InChI=1S/C24H20N4O4/c1-27-14-17(15-9-11-16(12-10-15)28(31)32)21(22(29)20-8-4-5-13-25-20)24(27)18-6-2-3-7-19(18)26-23(24)30/h2-13,17,21H,14H2,1H3,(H,26,30)/t17-,21+,24+/m0/s1. The molecule has 32 heavy (non-hydrogen) atoms. The second-order valence-corrected chi connectivity index (χ2v) is 8.16. The van der Waals surface area contributed by atoms with E-state index in [0.29, 0.717) is 12.2 Å². The Hall–Kier alpha value is -3.91. The van der Waals surface area contributed by atoms with Crippen LogP contribution in [0.15, 0.2) is 72.9 Å². The van der Waals surface area contributed by atoms with Gasteiger partial charge in [0.1, 0.15) is 11.2 Å². The van der Waals surface area contributed by atoms with Crippen LogP contribution in [0.5, 0.6) is 0 Å². The zero-order valence-corrected chi connectivity index (χ0v) is 17.3. The molecule has 5 rings (SSSR count). The predicted molar refractivity (Wildman–Crippen MR) is 117 cm³/mol. The maximum atomic E-state index is 13.9. The van der Waals surface area contributed by atoms with Crippen LogP contribution in [0.3, 0.4) is 0 Å². The number of anilines is 1. The molecule has 1 saturated heterocycles. The monoisotopic (exact) mass is 428 g/mol. The number of pyridine rings is 1. The average molecular weight is 428 g/mol. The Balaban J connectivity index is 1.70. The second-order valence-electron chi connectivity index (χ2n) is 8.16. The highest BCUT2D eigenvalue weighted by molar-refractivity contribution is 6.11. The third-order valence-electron chi connectivity index (χ3n) is 6.59. The Labute approximate surface area is 184 Å². The highest BCUT2D eigenvalue weighted by atomic mass is 16.6. The summed E-state index contributed by atoms with van der Waals surface area (Å²) in [6.07, 6.45) is 1.56. The van der Waals surface area contributed by atoms with Gasteiger partial charge in [0.05, 0.1) is 10.8 Å². The molecule has 8 heteroatoms. The van der Waals surface area contributed by atoms with Crippen molar-refractivity contribution in [3.63, 3.8) is 0 Å². The summed E-state index contributed by atoms with van der Waals surface area (Å²) < 4.78 is 0. The van der Waals surface area contributed by atoms with Crippen molar-refractivity contribution in [1.29, 1.82) is 0 Å². The van der Waals surface area contributed by atoms with Gasteiger partial charge in [0.2, 0.25) is 5.91 Å². The van der Waals surface area contributed by atoms with Gasteiger partial charge < -0.3 is 5.32 Å². The van der Waals surface area contributed by atoms with Gasteiger partial charge in [0.15, 0.2) is 5.78 Å². The van der Waals surface area contributed by atoms with Crippen LogP contribution in [0, 0.1) is 16.0 Å². The minimum Gasteiger partial charge on any atom is -0.324 e. The molecule has 2 aromatic carbocycles. The van der Waals surface area contributed by atoms with E-state index in [1.54, 1.807) is 36.5 Å². The third-order valence-corrected chi connectivity index (χ3v) is 6.59. The molecule has 0 bridgehead atoms. The van der Waals surface area contributed by atoms with Crippen molar-refractivity contribution in [3.05, 3.63) is 99.9 Å². The Bertz CT molecular complexity index is 1230. The zero-order valence-electron chi connectivity index (χ0n) is 17.3. The number of fused-ring (bicyclic) bond motifs is 2. The molecule has 2 aliphatic heterocycles. The molecule has 1 amide bonds. The van der Waals surface area contributed by atoms with Gasteiger partial charge in [-0.1, -0.05) is 36.4 Å². The number of nitro benzene ring substituents is 1. The average Bonchev–Trinajstić information content (AvgIpc) is 3.29. The molecular weight excluding hydrogens is 408 g/mol. The molecule has 2 aliphatic rings. The number of Topliss-reactive ketones (excluding diaryl/α,β-unsaturated/α-hetero) is 1. The first-order valence-electron chi connectivity index (χ1n) is 10.3. The van der Waals surface area contributed by atoms with E-state index >= 15 is 0 Å². The summed E-state index contributed by atoms with van der Waals surface area (Å²) in [4.78, 5) is 44.2. The normalized spacial score (nSPS) is 24.3. The highest BCUT2D eigenvalue weighted by Crippen LogP contribution is 2.55. The summed E-state index contributed by atoms with van der Waals surface area (Å²) >= 11 is 0. The zero-order chi connectivity index (χ0) is 22.5. The van der Waals surface area contributed by atoms with Crippen LogP contribution in [-0.2, 0) is 10.3 Å². The van der Waals surface area contributed by atoms with Crippen molar-refractivity contribution < 1.29 is 14.5 Å². The lowest BCUT2D eigenvalue weighted by Crippen LogP contribution is -2.51. The van der Waals surface area contributed by atoms with Gasteiger partial charge in [-0.2, -0.15) is 0 Å². The summed E-state index contributed by atoms with van der Waals surface area (Å²) in [5.41, 5.74) is 1.28. The van der Waals surface area contributed by atoms with Crippen LogP contribution < -0.4 is 5.32 Å². The summed E-state index contributed by atoms with van der Waals surface area (Å²) in [5.74, 6) is -1.59. The number of amides is 1. The molecule has 8 nitrogen and oxygen atoms in total.